The van der Waals surface area contributed by atoms with Gasteiger partial charge in [0.15, 0.2) is 0 Å². The van der Waals surface area contributed by atoms with Crippen LogP contribution in [0.1, 0.15) is 29.6 Å². The highest BCUT2D eigenvalue weighted by Gasteiger charge is 2.17. The van der Waals surface area contributed by atoms with Gasteiger partial charge in [-0.3, -0.25) is 0 Å². The second-order valence-corrected chi connectivity index (χ2v) is 4.98. The van der Waals surface area contributed by atoms with Gasteiger partial charge in [-0.25, -0.2) is 4.79 Å². The monoisotopic (exact) mass is 259 g/mol. The zero-order chi connectivity index (χ0) is 13.2. The minimum atomic E-state index is -0.868. The van der Waals surface area contributed by atoms with E-state index in [1.54, 1.807) is 6.20 Å². The van der Waals surface area contributed by atoms with Crippen molar-refractivity contribution in [3.05, 3.63) is 36.0 Å². The summed E-state index contributed by atoms with van der Waals surface area (Å²) in [6, 6.07) is 7.65. The first kappa shape index (κ1) is 12.2. The summed E-state index contributed by atoms with van der Waals surface area (Å²) in [5, 5.41) is 10.0. The van der Waals surface area contributed by atoms with Crippen molar-refractivity contribution in [2.45, 2.75) is 31.9 Å². The van der Waals surface area contributed by atoms with Crippen molar-refractivity contribution >= 4 is 16.9 Å². The molecule has 1 aromatic heterocycles. The van der Waals surface area contributed by atoms with Crippen LogP contribution in [-0.4, -0.2) is 28.4 Å². The molecule has 1 aliphatic rings. The van der Waals surface area contributed by atoms with Gasteiger partial charge in [0.1, 0.15) is 0 Å². The number of benzene rings is 1. The fourth-order valence-electron chi connectivity index (χ4n) is 2.76. The highest BCUT2D eigenvalue weighted by atomic mass is 16.5. The van der Waals surface area contributed by atoms with E-state index in [-0.39, 0.29) is 0 Å². The van der Waals surface area contributed by atoms with E-state index in [9.17, 15) is 9.90 Å². The first-order valence-electron chi connectivity index (χ1n) is 6.68. The third kappa shape index (κ3) is 2.36. The van der Waals surface area contributed by atoms with Crippen LogP contribution in [0.25, 0.3) is 10.9 Å². The summed E-state index contributed by atoms with van der Waals surface area (Å²) in [6.07, 6.45) is 5.26. The highest BCUT2D eigenvalue weighted by Crippen LogP contribution is 2.23. The first-order valence-corrected chi connectivity index (χ1v) is 6.68. The lowest BCUT2D eigenvalue weighted by atomic mass is 10.2. The number of nitrogens with zero attached hydrogens (tertiary/aromatic N) is 1. The van der Waals surface area contributed by atoms with E-state index in [1.807, 2.05) is 28.8 Å². The Kier molecular flexibility index (Phi) is 3.25. The number of aryl methyl sites for hydroxylation is 1. The van der Waals surface area contributed by atoms with Crippen molar-refractivity contribution in [1.82, 2.24) is 4.57 Å². The number of hydrogen-bond donors (Lipinski definition) is 1. The van der Waals surface area contributed by atoms with Crippen LogP contribution in [0.3, 0.4) is 0 Å². The lowest BCUT2D eigenvalue weighted by Gasteiger charge is -2.10. The van der Waals surface area contributed by atoms with E-state index >= 15 is 0 Å². The molecule has 0 aliphatic carbocycles. The predicted octanol–water partition coefficient (Wildman–Crippen LogP) is 2.91. The second-order valence-electron chi connectivity index (χ2n) is 4.98. The SMILES string of the molecule is O=C(O)c1cn(CCC2CCCO2)c2ccccc12. The zero-order valence-corrected chi connectivity index (χ0v) is 10.7. The molecular formula is C15H17NO3. The lowest BCUT2D eigenvalue weighted by molar-refractivity contribution is 0.0698. The number of ether oxygens (including phenoxy) is 1. The molecule has 2 heterocycles. The maximum Gasteiger partial charge on any atom is 0.337 e. The van der Waals surface area contributed by atoms with Crippen molar-refractivity contribution in [2.75, 3.05) is 6.61 Å². The zero-order valence-electron chi connectivity index (χ0n) is 10.7. The number of carboxylic acids is 1. The molecule has 1 fully saturated rings. The van der Waals surface area contributed by atoms with Gasteiger partial charge in [-0.15, -0.1) is 0 Å². The van der Waals surface area contributed by atoms with Crippen LogP contribution in [0.15, 0.2) is 30.5 Å². The van der Waals surface area contributed by atoms with Crippen LogP contribution >= 0.6 is 0 Å². The number of rotatable bonds is 4. The van der Waals surface area contributed by atoms with E-state index < -0.39 is 5.97 Å². The van der Waals surface area contributed by atoms with Crippen molar-refractivity contribution in [2.24, 2.45) is 0 Å². The normalized spacial score (nSPS) is 19.1. The number of carbonyl (C=O) groups is 1. The molecule has 3 rings (SSSR count). The van der Waals surface area contributed by atoms with E-state index in [0.717, 1.165) is 43.3 Å². The van der Waals surface area contributed by atoms with E-state index in [1.165, 1.54) is 0 Å². The number of para-hydroxylation sites is 1. The van der Waals surface area contributed by atoms with Crippen molar-refractivity contribution in [3.8, 4) is 0 Å². The number of aromatic nitrogens is 1. The lowest BCUT2D eigenvalue weighted by Crippen LogP contribution is -2.09. The molecule has 0 saturated carbocycles. The smallest absolute Gasteiger partial charge is 0.337 e. The van der Waals surface area contributed by atoms with E-state index in [2.05, 4.69) is 0 Å². The summed E-state index contributed by atoms with van der Waals surface area (Å²) in [5.74, 6) is -0.868. The number of hydrogen-bond acceptors (Lipinski definition) is 2. The molecule has 1 aromatic carbocycles. The van der Waals surface area contributed by atoms with Gasteiger partial charge in [0, 0.05) is 30.3 Å². The Morgan fingerprint density at radius 3 is 3.00 bits per heavy atom. The van der Waals surface area contributed by atoms with Crippen LogP contribution in [0.2, 0.25) is 0 Å². The van der Waals surface area contributed by atoms with Crippen molar-refractivity contribution in [1.29, 1.82) is 0 Å². The topological polar surface area (TPSA) is 51.5 Å². The van der Waals surface area contributed by atoms with E-state index in [4.69, 9.17) is 4.74 Å². The Morgan fingerprint density at radius 1 is 1.42 bits per heavy atom. The van der Waals surface area contributed by atoms with Crippen LogP contribution in [0.4, 0.5) is 0 Å². The van der Waals surface area contributed by atoms with Gasteiger partial charge in [-0.05, 0) is 25.3 Å². The van der Waals surface area contributed by atoms with Crippen LogP contribution in [-0.2, 0) is 11.3 Å². The predicted molar refractivity (Wildman–Crippen MR) is 72.5 cm³/mol. The molecule has 1 atom stereocenters. The third-order valence-electron chi connectivity index (χ3n) is 3.73. The van der Waals surface area contributed by atoms with Gasteiger partial charge in [0.05, 0.1) is 11.7 Å². The number of aromatic carboxylic acids is 1. The van der Waals surface area contributed by atoms with E-state index in [0.29, 0.717) is 11.7 Å². The fraction of sp³-hybridized carbons (Fsp3) is 0.400. The molecule has 0 spiro atoms. The molecule has 100 valence electrons. The summed E-state index contributed by atoms with van der Waals surface area (Å²) in [6.45, 7) is 1.66. The van der Waals surface area contributed by atoms with Crippen LogP contribution < -0.4 is 0 Å². The molecule has 0 amide bonds. The molecule has 1 unspecified atom stereocenters. The summed E-state index contributed by atoms with van der Waals surface area (Å²) in [4.78, 5) is 11.3. The van der Waals surface area contributed by atoms with Gasteiger partial charge in [0.25, 0.3) is 0 Å². The molecular weight excluding hydrogens is 242 g/mol. The Hall–Kier alpha value is -1.81. The maximum absolute atomic E-state index is 11.3. The molecule has 0 radical (unpaired) electrons. The standard InChI is InChI=1S/C15H17NO3/c17-15(18)13-10-16(8-7-11-4-3-9-19-11)14-6-2-1-5-12(13)14/h1-2,5-6,10-11H,3-4,7-9H2,(H,17,18). The quantitative estimate of drug-likeness (QED) is 0.918. The van der Waals surface area contributed by atoms with Gasteiger partial charge in [0.2, 0.25) is 0 Å². The largest absolute Gasteiger partial charge is 0.478 e. The molecule has 4 nitrogen and oxygen atoms in total. The first-order chi connectivity index (χ1) is 9.25. The van der Waals surface area contributed by atoms with Crippen LogP contribution in [0.5, 0.6) is 0 Å². The van der Waals surface area contributed by atoms with Crippen molar-refractivity contribution in [3.63, 3.8) is 0 Å². The molecule has 0 bridgehead atoms. The average Bonchev–Trinajstić information content (AvgIpc) is 3.04. The maximum atomic E-state index is 11.3. The molecule has 1 saturated heterocycles. The summed E-state index contributed by atoms with van der Waals surface area (Å²) >= 11 is 0. The van der Waals surface area contributed by atoms with Crippen molar-refractivity contribution < 1.29 is 14.6 Å². The molecule has 1 N–H and O–H groups in total. The summed E-state index contributed by atoms with van der Waals surface area (Å²) in [7, 11) is 0. The Balaban J connectivity index is 1.87. The summed E-state index contributed by atoms with van der Waals surface area (Å²) < 4.78 is 7.64. The Bertz CT molecular complexity index is 596. The number of fused-ring (bicyclic) bond motifs is 1. The minimum Gasteiger partial charge on any atom is -0.478 e. The van der Waals surface area contributed by atoms with Gasteiger partial charge < -0.3 is 14.4 Å². The Labute approximate surface area is 111 Å². The number of carboxylic acid groups (broad SMARTS) is 1. The average molecular weight is 259 g/mol. The van der Waals surface area contributed by atoms with Gasteiger partial charge in [-0.1, -0.05) is 18.2 Å². The molecule has 1 aliphatic heterocycles. The highest BCUT2D eigenvalue weighted by molar-refractivity contribution is 6.03. The van der Waals surface area contributed by atoms with Gasteiger partial charge in [-0.2, -0.15) is 0 Å². The Morgan fingerprint density at radius 2 is 2.26 bits per heavy atom. The van der Waals surface area contributed by atoms with Crippen LogP contribution in [0, 0.1) is 0 Å². The summed E-state index contributed by atoms with van der Waals surface area (Å²) in [5.41, 5.74) is 1.36. The third-order valence-corrected chi connectivity index (χ3v) is 3.73. The van der Waals surface area contributed by atoms with Gasteiger partial charge >= 0.3 is 5.97 Å². The molecule has 2 aromatic rings. The minimum absolute atomic E-state index is 0.328. The second kappa shape index (κ2) is 5.05. The molecule has 19 heavy (non-hydrogen) atoms. The molecule has 4 heteroatoms. The fourth-order valence-corrected chi connectivity index (χ4v) is 2.76.